The van der Waals surface area contributed by atoms with Crippen molar-refractivity contribution in [2.75, 3.05) is 0 Å². The van der Waals surface area contributed by atoms with E-state index in [1.165, 1.54) is 317 Å². The summed E-state index contributed by atoms with van der Waals surface area (Å²) in [5, 5.41) is 4.18. The minimum absolute atomic E-state index is 0. The molecule has 0 aliphatic rings. The zero-order valence-electron chi connectivity index (χ0n) is 55.5. The van der Waals surface area contributed by atoms with Crippen molar-refractivity contribution in [2.24, 2.45) is 0 Å². The molecular weight excluding hydrogens is 1210 g/mol. The Labute approximate surface area is 565 Å². The molecule has 0 unspecified atom stereocenters. The van der Waals surface area contributed by atoms with Crippen LogP contribution in [0.4, 0.5) is 0 Å². The first kappa shape index (κ1) is 79.9. The molecule has 0 aromatic heterocycles. The van der Waals surface area contributed by atoms with Crippen LogP contribution in [0.15, 0.2) is 70.5 Å². The molecule has 0 aliphatic heterocycles. The summed E-state index contributed by atoms with van der Waals surface area (Å²) in [4.78, 5) is -0.207. The van der Waals surface area contributed by atoms with Crippen molar-refractivity contribution >= 4 is 90.7 Å². The molecule has 6 nitrogen and oxygen atoms in total. The van der Waals surface area contributed by atoms with Gasteiger partial charge in [-0.15, -0.1) is 0 Å². The predicted octanol–water partition coefficient (Wildman–Crippen LogP) is 24.1. The van der Waals surface area contributed by atoms with Crippen molar-refractivity contribution in [1.29, 1.82) is 0 Å². The molecule has 0 fully saturated rings. The molecule has 0 amide bonds. The van der Waals surface area contributed by atoms with E-state index in [-0.39, 0.29) is 58.7 Å². The molecule has 0 N–H and O–H groups in total. The molecule has 0 atom stereocenters. The summed E-state index contributed by atoms with van der Waals surface area (Å²) in [6.45, 7) is 9.09. The molecule has 0 saturated carbocycles. The fourth-order valence-corrected chi connectivity index (χ4v) is 13.7. The maximum absolute atomic E-state index is 11.8. The van der Waals surface area contributed by atoms with Gasteiger partial charge in [0.05, 0.1) is 9.79 Å². The van der Waals surface area contributed by atoms with Crippen LogP contribution in [0.5, 0.6) is 0 Å². The Morgan fingerprint density at radius 3 is 0.576 bits per heavy atom. The van der Waals surface area contributed by atoms with Crippen molar-refractivity contribution < 1.29 is 25.9 Å². The summed E-state index contributed by atoms with van der Waals surface area (Å²) < 4.78 is 70.7. The molecule has 9 heteroatoms. The summed E-state index contributed by atoms with van der Waals surface area (Å²) in [7, 11) is -8.92. The number of fused-ring (bicyclic) bond motifs is 2. The van der Waals surface area contributed by atoms with Crippen LogP contribution in [0.2, 0.25) is 0 Å². The van der Waals surface area contributed by atoms with Crippen molar-refractivity contribution in [3.63, 3.8) is 0 Å². The van der Waals surface area contributed by atoms with Crippen LogP contribution in [-0.2, 0) is 45.9 Å². The van der Waals surface area contributed by atoms with Crippen LogP contribution >= 0.6 is 0 Å². The summed E-state index contributed by atoms with van der Waals surface area (Å²) in [6, 6.07) is 18.9. The van der Waals surface area contributed by atoms with Crippen molar-refractivity contribution in [1.82, 2.24) is 0 Å². The maximum atomic E-state index is 11.8. The largest absolute Gasteiger partial charge is 2.00 e. The smallest absolute Gasteiger partial charge is 0.744 e. The van der Waals surface area contributed by atoms with Crippen molar-refractivity contribution in [3.8, 4) is 0 Å². The van der Waals surface area contributed by atoms with E-state index < -0.39 is 20.2 Å². The fraction of sp³-hybridized carbons (Fsp3) is 0.737. The third-order valence-electron chi connectivity index (χ3n) is 18.1. The maximum Gasteiger partial charge on any atom is 2.00 e. The molecule has 85 heavy (non-hydrogen) atoms. The van der Waals surface area contributed by atoms with E-state index >= 15 is 0 Å². The molecule has 4 aromatic carbocycles. The SMILES string of the molecule is CCCCCCCCCCCCCCc1ccc(CCCCCCCCCCCCCC)c2cc(S(=O)(=O)[O-])ccc12.CCCCCCCCCCCCCCc1ccc(CCCCCCCCCCCCCC)c2cc(S(=O)(=O)[O-])ccc12.[Ba+2]. The van der Waals surface area contributed by atoms with E-state index in [9.17, 15) is 25.9 Å². The third-order valence-corrected chi connectivity index (χ3v) is 19.8. The monoisotopic (exact) mass is 1340 g/mol. The Bertz CT molecular complexity index is 2300. The Morgan fingerprint density at radius 2 is 0.400 bits per heavy atom. The Balaban J connectivity index is 0.000000573. The van der Waals surface area contributed by atoms with Gasteiger partial charge in [-0.1, -0.05) is 347 Å². The Morgan fingerprint density at radius 1 is 0.235 bits per heavy atom. The summed E-state index contributed by atoms with van der Waals surface area (Å²) >= 11 is 0. The van der Waals surface area contributed by atoms with E-state index in [0.717, 1.165) is 72.9 Å². The second kappa shape index (κ2) is 52.4. The van der Waals surface area contributed by atoms with Gasteiger partial charge in [0.25, 0.3) is 0 Å². The van der Waals surface area contributed by atoms with Gasteiger partial charge in [0.15, 0.2) is 0 Å². The van der Waals surface area contributed by atoms with Gasteiger partial charge < -0.3 is 9.11 Å². The number of unbranched alkanes of at least 4 members (excludes halogenated alkanes) is 44. The van der Waals surface area contributed by atoms with Crippen LogP contribution in [0.25, 0.3) is 21.5 Å². The zero-order chi connectivity index (χ0) is 60.6. The number of rotatable bonds is 54. The van der Waals surface area contributed by atoms with Gasteiger partial charge in [-0.05, 0) is 119 Å². The minimum Gasteiger partial charge on any atom is -0.744 e. The molecule has 4 aromatic rings. The summed E-state index contributed by atoms with van der Waals surface area (Å²) in [5.41, 5.74) is 4.93. The van der Waals surface area contributed by atoms with Crippen LogP contribution in [0.3, 0.4) is 0 Å². The average molecular weight is 1340 g/mol. The van der Waals surface area contributed by atoms with Crippen molar-refractivity contribution in [2.45, 2.75) is 371 Å². The molecule has 0 heterocycles. The van der Waals surface area contributed by atoms with E-state index in [1.807, 2.05) is 12.1 Å². The van der Waals surface area contributed by atoms with E-state index in [4.69, 9.17) is 0 Å². The third kappa shape index (κ3) is 38.3. The molecule has 0 saturated heterocycles. The van der Waals surface area contributed by atoms with Gasteiger partial charge in [-0.2, -0.15) is 0 Å². The van der Waals surface area contributed by atoms with Gasteiger partial charge in [0, 0.05) is 0 Å². The quantitative estimate of drug-likeness (QED) is 0.0247. The van der Waals surface area contributed by atoms with E-state index in [0.29, 0.717) is 0 Å². The van der Waals surface area contributed by atoms with Gasteiger partial charge in [-0.25, -0.2) is 16.8 Å². The van der Waals surface area contributed by atoms with Gasteiger partial charge >= 0.3 is 48.9 Å². The van der Waals surface area contributed by atoms with Crippen LogP contribution in [-0.4, -0.2) is 74.8 Å². The molecule has 4 rings (SSSR count). The topological polar surface area (TPSA) is 114 Å². The summed E-state index contributed by atoms with van der Waals surface area (Å²) in [6.07, 6.45) is 67.8. The second-order valence-corrected chi connectivity index (χ2v) is 28.4. The summed E-state index contributed by atoms with van der Waals surface area (Å²) in [5.74, 6) is 0. The second-order valence-electron chi connectivity index (χ2n) is 25.6. The molecular formula is C76H126BaO6S2. The van der Waals surface area contributed by atoms with Crippen LogP contribution in [0, 0.1) is 0 Å². The fourth-order valence-electron chi connectivity index (χ4n) is 12.7. The van der Waals surface area contributed by atoms with Gasteiger partial charge in [0.1, 0.15) is 20.2 Å². The van der Waals surface area contributed by atoms with Gasteiger partial charge in [0.2, 0.25) is 0 Å². The predicted molar refractivity (Wildman–Crippen MR) is 369 cm³/mol. The molecule has 0 aliphatic carbocycles. The first-order valence-electron chi connectivity index (χ1n) is 35.9. The number of hydrogen-bond donors (Lipinski definition) is 0. The van der Waals surface area contributed by atoms with Crippen LogP contribution < -0.4 is 0 Å². The van der Waals surface area contributed by atoms with E-state index in [2.05, 4.69) is 52.0 Å². The van der Waals surface area contributed by atoms with Crippen LogP contribution in [0.1, 0.15) is 358 Å². The normalized spacial score (nSPS) is 11.8. The molecule has 0 spiro atoms. The molecule has 480 valence electrons. The number of hydrogen-bond acceptors (Lipinski definition) is 6. The minimum atomic E-state index is -4.46. The molecule has 0 radical (unpaired) electrons. The number of aryl methyl sites for hydroxylation is 4. The first-order valence-corrected chi connectivity index (χ1v) is 38.8. The van der Waals surface area contributed by atoms with Crippen molar-refractivity contribution in [3.05, 3.63) is 82.9 Å². The molecule has 0 bridgehead atoms. The number of benzene rings is 4. The Kier molecular flexibility index (Phi) is 49.3. The Hall–Kier alpha value is -1.21. The van der Waals surface area contributed by atoms with E-state index in [1.54, 1.807) is 12.1 Å². The first-order chi connectivity index (χ1) is 40.9. The zero-order valence-corrected chi connectivity index (χ0v) is 61.6. The standard InChI is InChI=1S/2C38H64O3S.Ba/c2*1-3-5-7-9-11-13-15-17-19-21-23-25-27-34-29-30-35(38-33-36(42(39,40)41)31-32-37(34)38)28-26-24-22-20-18-16-14-12-10-8-6-4-2;/h2*29-33H,3-28H2,1-2H3,(H,39,40,41);/q;;+2/p-2. The van der Waals surface area contributed by atoms with Gasteiger partial charge in [-0.3, -0.25) is 0 Å². The average Bonchev–Trinajstić information content (AvgIpc) is 2.03.